The minimum absolute atomic E-state index is 0.416. The molecular formula is C18H23NS. The van der Waals surface area contributed by atoms with E-state index in [0.29, 0.717) is 6.04 Å². The summed E-state index contributed by atoms with van der Waals surface area (Å²) in [4.78, 5) is 1.34. The highest BCUT2D eigenvalue weighted by molar-refractivity contribution is 7.98. The van der Waals surface area contributed by atoms with Gasteiger partial charge in [-0.1, -0.05) is 48.9 Å². The van der Waals surface area contributed by atoms with E-state index in [1.165, 1.54) is 21.6 Å². The van der Waals surface area contributed by atoms with Crippen LogP contribution in [0.3, 0.4) is 0 Å². The minimum Gasteiger partial charge on any atom is -0.310 e. The molecule has 0 fully saturated rings. The van der Waals surface area contributed by atoms with Crippen molar-refractivity contribution in [3.05, 3.63) is 65.2 Å². The summed E-state index contributed by atoms with van der Waals surface area (Å²) in [6, 6.07) is 18.0. The second-order valence-electron chi connectivity index (χ2n) is 5.13. The summed E-state index contributed by atoms with van der Waals surface area (Å²) in [5.74, 6) is 1.03. The Hall–Kier alpha value is -1.25. The number of thioether (sulfide) groups is 1. The number of aryl methyl sites for hydroxylation is 1. The van der Waals surface area contributed by atoms with Crippen molar-refractivity contribution in [2.24, 2.45) is 0 Å². The zero-order chi connectivity index (χ0) is 14.4. The molecule has 2 aromatic rings. The Morgan fingerprint density at radius 2 is 1.90 bits per heavy atom. The predicted molar refractivity (Wildman–Crippen MR) is 89.3 cm³/mol. The Morgan fingerprint density at radius 3 is 2.65 bits per heavy atom. The Bertz CT molecular complexity index is 551. The first-order valence-corrected chi connectivity index (χ1v) is 8.19. The summed E-state index contributed by atoms with van der Waals surface area (Å²) in [6.45, 7) is 7.51. The summed E-state index contributed by atoms with van der Waals surface area (Å²) in [7, 11) is 0. The monoisotopic (exact) mass is 285 g/mol. The fourth-order valence-corrected chi connectivity index (χ4v) is 3.17. The van der Waals surface area contributed by atoms with Gasteiger partial charge in [-0.15, -0.1) is 11.8 Å². The van der Waals surface area contributed by atoms with E-state index in [9.17, 15) is 0 Å². The van der Waals surface area contributed by atoms with Crippen LogP contribution in [-0.2, 0) is 5.75 Å². The van der Waals surface area contributed by atoms with E-state index in [0.717, 1.165) is 12.3 Å². The Labute approximate surface area is 126 Å². The van der Waals surface area contributed by atoms with Crippen molar-refractivity contribution in [2.45, 2.75) is 37.5 Å². The van der Waals surface area contributed by atoms with Gasteiger partial charge in [0.2, 0.25) is 0 Å². The van der Waals surface area contributed by atoms with Crippen molar-refractivity contribution in [3.8, 4) is 0 Å². The van der Waals surface area contributed by atoms with Crippen molar-refractivity contribution in [3.63, 3.8) is 0 Å². The second-order valence-corrected chi connectivity index (χ2v) is 6.18. The molecular weight excluding hydrogens is 262 g/mol. The zero-order valence-electron chi connectivity index (χ0n) is 12.5. The SMILES string of the molecule is CCNC(C)c1cccc(SCc2cccc(C)c2)c1. The molecule has 0 aliphatic rings. The van der Waals surface area contributed by atoms with E-state index >= 15 is 0 Å². The van der Waals surface area contributed by atoms with Crippen molar-refractivity contribution >= 4 is 11.8 Å². The molecule has 0 spiro atoms. The smallest absolute Gasteiger partial charge is 0.0292 e. The number of hydrogen-bond donors (Lipinski definition) is 1. The van der Waals surface area contributed by atoms with E-state index in [4.69, 9.17) is 0 Å². The van der Waals surface area contributed by atoms with Gasteiger partial charge in [0, 0.05) is 16.7 Å². The molecule has 106 valence electrons. The van der Waals surface area contributed by atoms with Gasteiger partial charge in [-0.05, 0) is 43.7 Å². The lowest BCUT2D eigenvalue weighted by atomic mass is 10.1. The lowest BCUT2D eigenvalue weighted by molar-refractivity contribution is 0.597. The number of nitrogens with one attached hydrogen (secondary N) is 1. The van der Waals surface area contributed by atoms with Crippen LogP contribution in [0.15, 0.2) is 53.4 Å². The van der Waals surface area contributed by atoms with Crippen LogP contribution < -0.4 is 5.32 Å². The lowest BCUT2D eigenvalue weighted by Crippen LogP contribution is -2.17. The fraction of sp³-hybridized carbons (Fsp3) is 0.333. The van der Waals surface area contributed by atoms with Gasteiger partial charge in [-0.25, -0.2) is 0 Å². The molecule has 0 bridgehead atoms. The molecule has 2 aromatic carbocycles. The molecule has 1 unspecified atom stereocenters. The lowest BCUT2D eigenvalue weighted by Gasteiger charge is -2.13. The second kappa shape index (κ2) is 7.51. The molecule has 0 saturated heterocycles. The highest BCUT2D eigenvalue weighted by atomic mass is 32.2. The number of benzene rings is 2. The first kappa shape index (κ1) is 15.1. The number of hydrogen-bond acceptors (Lipinski definition) is 2. The first-order chi connectivity index (χ1) is 9.69. The van der Waals surface area contributed by atoms with Crippen LogP contribution in [0.2, 0.25) is 0 Å². The average molecular weight is 285 g/mol. The number of rotatable bonds is 6. The van der Waals surface area contributed by atoms with Gasteiger partial charge in [-0.2, -0.15) is 0 Å². The molecule has 20 heavy (non-hydrogen) atoms. The molecule has 1 N–H and O–H groups in total. The van der Waals surface area contributed by atoms with Gasteiger partial charge < -0.3 is 5.32 Å². The van der Waals surface area contributed by atoms with Crippen molar-refractivity contribution < 1.29 is 0 Å². The van der Waals surface area contributed by atoms with Crippen LogP contribution in [0.5, 0.6) is 0 Å². The third-order valence-electron chi connectivity index (χ3n) is 3.36. The largest absolute Gasteiger partial charge is 0.310 e. The normalized spacial score (nSPS) is 12.3. The summed E-state index contributed by atoms with van der Waals surface area (Å²) in [5.41, 5.74) is 4.08. The van der Waals surface area contributed by atoms with Crippen LogP contribution in [0, 0.1) is 6.92 Å². The van der Waals surface area contributed by atoms with Crippen LogP contribution in [0.1, 0.15) is 36.6 Å². The highest BCUT2D eigenvalue weighted by Gasteiger charge is 2.04. The van der Waals surface area contributed by atoms with E-state index < -0.39 is 0 Å². The molecule has 0 radical (unpaired) electrons. The van der Waals surface area contributed by atoms with E-state index in [1.54, 1.807) is 0 Å². The summed E-state index contributed by atoms with van der Waals surface area (Å²) in [5, 5.41) is 3.46. The molecule has 0 aromatic heterocycles. The molecule has 0 saturated carbocycles. The molecule has 0 heterocycles. The molecule has 1 nitrogen and oxygen atoms in total. The zero-order valence-corrected chi connectivity index (χ0v) is 13.3. The average Bonchev–Trinajstić information content (AvgIpc) is 2.46. The van der Waals surface area contributed by atoms with E-state index in [-0.39, 0.29) is 0 Å². The third kappa shape index (κ3) is 4.39. The Kier molecular flexibility index (Phi) is 5.69. The van der Waals surface area contributed by atoms with Crippen LogP contribution in [-0.4, -0.2) is 6.54 Å². The van der Waals surface area contributed by atoms with Crippen LogP contribution in [0.25, 0.3) is 0 Å². The van der Waals surface area contributed by atoms with E-state index in [1.807, 2.05) is 11.8 Å². The molecule has 0 aliphatic carbocycles. The van der Waals surface area contributed by atoms with Gasteiger partial charge in [-0.3, -0.25) is 0 Å². The summed E-state index contributed by atoms with van der Waals surface area (Å²) >= 11 is 1.90. The maximum atomic E-state index is 3.46. The van der Waals surface area contributed by atoms with Crippen molar-refractivity contribution in [1.29, 1.82) is 0 Å². The molecule has 0 amide bonds. The first-order valence-electron chi connectivity index (χ1n) is 7.20. The maximum Gasteiger partial charge on any atom is 0.0292 e. The molecule has 1 atom stereocenters. The van der Waals surface area contributed by atoms with Gasteiger partial charge >= 0.3 is 0 Å². The molecule has 2 rings (SSSR count). The molecule has 0 aliphatic heterocycles. The molecule has 2 heteroatoms. The quantitative estimate of drug-likeness (QED) is 0.753. The maximum absolute atomic E-state index is 3.46. The Balaban J connectivity index is 2.01. The predicted octanol–water partition coefficient (Wildman–Crippen LogP) is 4.96. The topological polar surface area (TPSA) is 12.0 Å². The summed E-state index contributed by atoms with van der Waals surface area (Å²) in [6.07, 6.45) is 0. The fourth-order valence-electron chi connectivity index (χ4n) is 2.27. The van der Waals surface area contributed by atoms with Gasteiger partial charge in [0.05, 0.1) is 0 Å². The summed E-state index contributed by atoms with van der Waals surface area (Å²) < 4.78 is 0. The van der Waals surface area contributed by atoms with Crippen molar-refractivity contribution in [2.75, 3.05) is 6.54 Å². The third-order valence-corrected chi connectivity index (χ3v) is 4.42. The van der Waals surface area contributed by atoms with Gasteiger partial charge in [0.15, 0.2) is 0 Å². The van der Waals surface area contributed by atoms with Crippen LogP contribution >= 0.6 is 11.8 Å². The van der Waals surface area contributed by atoms with Crippen LogP contribution in [0.4, 0.5) is 0 Å². The van der Waals surface area contributed by atoms with Crippen molar-refractivity contribution in [1.82, 2.24) is 5.32 Å². The van der Waals surface area contributed by atoms with E-state index in [2.05, 4.69) is 74.6 Å². The highest BCUT2D eigenvalue weighted by Crippen LogP contribution is 2.25. The Morgan fingerprint density at radius 1 is 1.10 bits per heavy atom. The van der Waals surface area contributed by atoms with Gasteiger partial charge in [0.25, 0.3) is 0 Å². The standard InChI is InChI=1S/C18H23NS/c1-4-19-15(3)17-9-6-10-18(12-17)20-13-16-8-5-7-14(2)11-16/h5-12,15,19H,4,13H2,1-3H3. The van der Waals surface area contributed by atoms with Gasteiger partial charge in [0.1, 0.15) is 0 Å². The minimum atomic E-state index is 0.416.